The molecule has 6 heteroatoms. The highest BCUT2D eigenvalue weighted by molar-refractivity contribution is 5.91. The van der Waals surface area contributed by atoms with Crippen LogP contribution in [0.1, 0.15) is 40.0 Å². The van der Waals surface area contributed by atoms with E-state index < -0.39 is 39.9 Å². The minimum Gasteiger partial charge on any atom is -0.465 e. The molecule has 2 unspecified atom stereocenters. The van der Waals surface area contributed by atoms with Gasteiger partial charge in [-0.3, -0.25) is 9.59 Å². The van der Waals surface area contributed by atoms with Crippen molar-refractivity contribution in [1.82, 2.24) is 0 Å². The van der Waals surface area contributed by atoms with E-state index in [-0.39, 0.29) is 25.4 Å². The van der Waals surface area contributed by atoms with Crippen molar-refractivity contribution < 1.29 is 29.6 Å². The van der Waals surface area contributed by atoms with Crippen LogP contribution < -0.4 is 0 Å². The summed E-state index contributed by atoms with van der Waals surface area (Å²) < 4.78 is 5.17. The van der Waals surface area contributed by atoms with E-state index in [1.54, 1.807) is 0 Å². The molecule has 1 saturated heterocycles. The van der Waals surface area contributed by atoms with Gasteiger partial charge in [-0.1, -0.05) is 13.8 Å². The first-order chi connectivity index (χ1) is 9.53. The minimum absolute atomic E-state index is 0.112. The normalized spacial score (nSPS) is 56.7. The lowest BCUT2D eigenvalue weighted by molar-refractivity contribution is -0.272. The Balaban J connectivity index is 2.32. The number of carbonyl (C=O) groups excluding carboxylic acids is 2. The minimum atomic E-state index is -1.86. The predicted octanol–water partition coefficient (Wildman–Crippen LogP) is -0.218. The average Bonchev–Trinajstić information content (AvgIpc) is 2.52. The van der Waals surface area contributed by atoms with Gasteiger partial charge in [-0.2, -0.15) is 0 Å². The van der Waals surface area contributed by atoms with Gasteiger partial charge in [-0.25, -0.2) is 0 Å². The van der Waals surface area contributed by atoms with Gasteiger partial charge in [0, 0.05) is 11.8 Å². The van der Waals surface area contributed by atoms with Crippen LogP contribution in [-0.4, -0.2) is 51.0 Å². The summed E-state index contributed by atoms with van der Waals surface area (Å²) in [6.07, 6.45) is -1.05. The number of rotatable bonds is 0. The van der Waals surface area contributed by atoms with Gasteiger partial charge >= 0.3 is 5.97 Å². The first kappa shape index (κ1) is 14.9. The zero-order valence-corrected chi connectivity index (χ0v) is 12.5. The Morgan fingerprint density at radius 1 is 1.19 bits per heavy atom. The van der Waals surface area contributed by atoms with Crippen molar-refractivity contribution in [1.29, 1.82) is 0 Å². The monoisotopic (exact) mass is 298 g/mol. The van der Waals surface area contributed by atoms with E-state index >= 15 is 0 Å². The fourth-order valence-corrected chi connectivity index (χ4v) is 4.96. The summed E-state index contributed by atoms with van der Waals surface area (Å²) in [5.74, 6) is -1.12. The van der Waals surface area contributed by atoms with Gasteiger partial charge in [0.25, 0.3) is 0 Å². The Morgan fingerprint density at radius 3 is 2.43 bits per heavy atom. The van der Waals surface area contributed by atoms with E-state index in [1.807, 2.05) is 6.92 Å². The zero-order chi connectivity index (χ0) is 15.8. The molecule has 3 N–H and O–H groups in total. The smallest absolute Gasteiger partial charge is 0.306 e. The van der Waals surface area contributed by atoms with Crippen molar-refractivity contribution in [3.05, 3.63) is 0 Å². The third kappa shape index (κ3) is 1.34. The van der Waals surface area contributed by atoms with Crippen LogP contribution in [-0.2, 0) is 14.3 Å². The number of aliphatic hydroxyl groups excluding tert-OH is 1. The molecule has 0 aromatic heterocycles. The average molecular weight is 298 g/mol. The van der Waals surface area contributed by atoms with Gasteiger partial charge in [0.05, 0.1) is 17.9 Å². The summed E-state index contributed by atoms with van der Waals surface area (Å²) in [4.78, 5) is 24.5. The second-order valence-corrected chi connectivity index (χ2v) is 7.42. The van der Waals surface area contributed by atoms with E-state index in [1.165, 1.54) is 13.8 Å². The van der Waals surface area contributed by atoms with Crippen LogP contribution in [0.4, 0.5) is 0 Å². The molecule has 118 valence electrons. The Kier molecular flexibility index (Phi) is 2.74. The summed E-state index contributed by atoms with van der Waals surface area (Å²) in [6, 6.07) is 0. The lowest BCUT2D eigenvalue weighted by Gasteiger charge is -2.60. The van der Waals surface area contributed by atoms with Gasteiger partial charge < -0.3 is 20.1 Å². The van der Waals surface area contributed by atoms with Crippen LogP contribution in [0.15, 0.2) is 0 Å². The molecular formula is C15H22O6. The van der Waals surface area contributed by atoms with E-state index in [9.17, 15) is 24.9 Å². The fourth-order valence-electron chi connectivity index (χ4n) is 4.96. The second-order valence-electron chi connectivity index (χ2n) is 7.42. The van der Waals surface area contributed by atoms with Gasteiger partial charge in [0.2, 0.25) is 0 Å². The molecule has 2 aliphatic carbocycles. The van der Waals surface area contributed by atoms with Gasteiger partial charge in [0.1, 0.15) is 17.8 Å². The molecule has 0 aromatic carbocycles. The number of Topliss-reactive ketones (excluding diaryl/α,β-unsaturated/α-hetero) is 1. The quantitative estimate of drug-likeness (QED) is 0.534. The number of hydrogen-bond acceptors (Lipinski definition) is 6. The van der Waals surface area contributed by atoms with Crippen LogP contribution in [0.5, 0.6) is 0 Å². The zero-order valence-electron chi connectivity index (χ0n) is 12.5. The van der Waals surface area contributed by atoms with Gasteiger partial charge in [-0.15, -0.1) is 0 Å². The molecule has 0 radical (unpaired) electrons. The molecular weight excluding hydrogens is 276 g/mol. The van der Waals surface area contributed by atoms with Crippen molar-refractivity contribution in [3.8, 4) is 0 Å². The molecule has 0 spiro atoms. The molecule has 6 nitrogen and oxygen atoms in total. The largest absolute Gasteiger partial charge is 0.465 e. The summed E-state index contributed by atoms with van der Waals surface area (Å²) in [5.41, 5.74) is -6.11. The molecule has 0 amide bonds. The Hall–Kier alpha value is -0.980. The van der Waals surface area contributed by atoms with Gasteiger partial charge in [-0.05, 0) is 19.3 Å². The summed E-state index contributed by atoms with van der Waals surface area (Å²) in [6.45, 7) is 4.41. The van der Waals surface area contributed by atoms with Crippen LogP contribution in [0.3, 0.4) is 0 Å². The van der Waals surface area contributed by atoms with E-state index in [4.69, 9.17) is 4.74 Å². The SMILES string of the molecule is C[C@@H]1C[C@H](O)[C@@]2(O)C13CC(=O)OCC2(C)[C@@](C)(O)C(=O)C3. The number of cyclic esters (lactones) is 1. The molecule has 2 bridgehead atoms. The topological polar surface area (TPSA) is 104 Å². The third-order valence-electron chi connectivity index (χ3n) is 6.68. The molecule has 21 heavy (non-hydrogen) atoms. The lowest BCUT2D eigenvalue weighted by Crippen LogP contribution is -2.75. The molecule has 3 aliphatic rings. The Morgan fingerprint density at radius 2 is 1.81 bits per heavy atom. The molecule has 6 atom stereocenters. The maximum Gasteiger partial charge on any atom is 0.306 e. The van der Waals surface area contributed by atoms with E-state index in [0.717, 1.165) is 0 Å². The molecule has 2 saturated carbocycles. The highest BCUT2D eigenvalue weighted by Crippen LogP contribution is 2.68. The standard InChI is InChI=1S/C15H22O6/c1-8-4-9(16)15(20)12(2)7-21-11(18)6-14(8,15)5-10(17)13(12,3)19/h8-9,16,19-20H,4-7H2,1-3H3/t8-,9+,12?,13+,14?,15+/m1/s1. The highest BCUT2D eigenvalue weighted by atomic mass is 16.5. The Bertz CT molecular complexity index is 528. The number of esters is 1. The molecule has 3 fully saturated rings. The molecule has 1 heterocycles. The molecule has 1 aliphatic heterocycles. The summed E-state index contributed by atoms with van der Waals surface area (Å²) in [5, 5.41) is 32.7. The fraction of sp³-hybridized carbons (Fsp3) is 0.867. The number of aliphatic hydroxyl groups is 3. The van der Waals surface area contributed by atoms with Crippen LogP contribution in [0.25, 0.3) is 0 Å². The lowest BCUT2D eigenvalue weighted by atomic mass is 9.46. The van der Waals surface area contributed by atoms with Crippen LogP contribution >= 0.6 is 0 Å². The maximum atomic E-state index is 12.5. The first-order valence-electron chi connectivity index (χ1n) is 7.35. The van der Waals surface area contributed by atoms with Crippen molar-refractivity contribution in [2.75, 3.05) is 6.61 Å². The number of ether oxygens (including phenoxy) is 1. The Labute approximate surface area is 123 Å². The van der Waals surface area contributed by atoms with Crippen LogP contribution in [0.2, 0.25) is 0 Å². The molecule has 3 rings (SSSR count). The second kappa shape index (κ2) is 3.86. The number of carbonyl (C=O) groups is 2. The number of hydrogen-bond donors (Lipinski definition) is 3. The summed E-state index contributed by atoms with van der Waals surface area (Å²) >= 11 is 0. The van der Waals surface area contributed by atoms with Crippen molar-refractivity contribution in [3.63, 3.8) is 0 Å². The predicted molar refractivity (Wildman–Crippen MR) is 71.1 cm³/mol. The van der Waals surface area contributed by atoms with Crippen molar-refractivity contribution >= 4 is 11.8 Å². The van der Waals surface area contributed by atoms with E-state index in [0.29, 0.717) is 6.42 Å². The van der Waals surface area contributed by atoms with Gasteiger partial charge in [0.15, 0.2) is 5.78 Å². The highest BCUT2D eigenvalue weighted by Gasteiger charge is 2.80. The number of ketones is 1. The van der Waals surface area contributed by atoms with Crippen molar-refractivity contribution in [2.24, 2.45) is 16.7 Å². The maximum absolute atomic E-state index is 12.5. The van der Waals surface area contributed by atoms with Crippen LogP contribution in [0, 0.1) is 16.7 Å². The molecule has 0 aromatic rings. The summed E-state index contributed by atoms with van der Waals surface area (Å²) in [7, 11) is 0. The van der Waals surface area contributed by atoms with Crippen molar-refractivity contribution in [2.45, 2.75) is 57.3 Å². The van der Waals surface area contributed by atoms with E-state index in [2.05, 4.69) is 0 Å². The first-order valence-corrected chi connectivity index (χ1v) is 7.35. The third-order valence-corrected chi connectivity index (χ3v) is 6.68.